The lowest BCUT2D eigenvalue weighted by Crippen LogP contribution is -2.40. The maximum absolute atomic E-state index is 3.57. The van der Waals surface area contributed by atoms with Crippen molar-refractivity contribution < 1.29 is 0 Å². The summed E-state index contributed by atoms with van der Waals surface area (Å²) in [5.74, 6) is 0.910. The van der Waals surface area contributed by atoms with Crippen molar-refractivity contribution in [1.29, 1.82) is 0 Å². The van der Waals surface area contributed by atoms with Gasteiger partial charge in [-0.2, -0.15) is 0 Å². The largest absolute Gasteiger partial charge is 0.315 e. The summed E-state index contributed by atoms with van der Waals surface area (Å²) in [5.41, 5.74) is 0. The van der Waals surface area contributed by atoms with Gasteiger partial charge in [0.25, 0.3) is 0 Å². The lowest BCUT2D eigenvalue weighted by molar-refractivity contribution is 0.163. The van der Waals surface area contributed by atoms with Crippen molar-refractivity contribution in [2.45, 2.75) is 19.3 Å². The highest BCUT2D eigenvalue weighted by molar-refractivity contribution is 7.09. The number of nitrogens with zero attached hydrogens (tertiary/aromatic N) is 2. The van der Waals surface area contributed by atoms with Gasteiger partial charge in [0.05, 0.1) is 0 Å². The van der Waals surface area contributed by atoms with Gasteiger partial charge in [0.2, 0.25) is 0 Å². The van der Waals surface area contributed by atoms with E-state index in [1.54, 1.807) is 0 Å². The van der Waals surface area contributed by atoms with Crippen LogP contribution in [-0.2, 0) is 6.42 Å². The van der Waals surface area contributed by atoms with Crippen molar-refractivity contribution in [3.8, 4) is 0 Å². The van der Waals surface area contributed by atoms with Crippen molar-refractivity contribution in [2.75, 3.05) is 53.4 Å². The van der Waals surface area contributed by atoms with Crippen LogP contribution in [0.2, 0.25) is 0 Å². The van der Waals surface area contributed by atoms with Gasteiger partial charge in [-0.1, -0.05) is 6.07 Å². The third kappa shape index (κ3) is 5.92. The Morgan fingerprint density at radius 3 is 2.75 bits per heavy atom. The van der Waals surface area contributed by atoms with Crippen LogP contribution in [-0.4, -0.2) is 63.2 Å². The van der Waals surface area contributed by atoms with Crippen LogP contribution in [0.3, 0.4) is 0 Å². The first kappa shape index (κ1) is 16.0. The van der Waals surface area contributed by atoms with Crippen molar-refractivity contribution in [1.82, 2.24) is 15.1 Å². The number of hydrogen-bond donors (Lipinski definition) is 1. The minimum Gasteiger partial charge on any atom is -0.315 e. The lowest BCUT2D eigenvalue weighted by atomic mass is 9.96. The third-order valence-electron chi connectivity index (χ3n) is 4.06. The van der Waals surface area contributed by atoms with E-state index in [1.165, 1.54) is 50.3 Å². The minimum absolute atomic E-state index is 0.910. The van der Waals surface area contributed by atoms with Gasteiger partial charge in [-0.15, -0.1) is 11.3 Å². The van der Waals surface area contributed by atoms with E-state index in [-0.39, 0.29) is 0 Å². The van der Waals surface area contributed by atoms with Gasteiger partial charge in [-0.05, 0) is 63.8 Å². The van der Waals surface area contributed by atoms with E-state index in [4.69, 9.17) is 0 Å². The zero-order valence-electron chi connectivity index (χ0n) is 13.0. The molecule has 1 saturated heterocycles. The molecule has 2 heterocycles. The molecular weight excluding hydrogens is 266 g/mol. The summed E-state index contributed by atoms with van der Waals surface area (Å²) in [6, 6.07) is 4.36. The highest BCUT2D eigenvalue weighted by Crippen LogP contribution is 2.17. The summed E-state index contributed by atoms with van der Waals surface area (Å²) in [7, 11) is 4.37. The van der Waals surface area contributed by atoms with Crippen LogP contribution < -0.4 is 5.32 Å². The van der Waals surface area contributed by atoms with Crippen LogP contribution in [0.4, 0.5) is 0 Å². The van der Waals surface area contributed by atoms with Crippen LogP contribution in [0, 0.1) is 5.92 Å². The summed E-state index contributed by atoms with van der Waals surface area (Å²) in [4.78, 5) is 6.43. The smallest absolute Gasteiger partial charge is 0.0107 e. The zero-order valence-corrected chi connectivity index (χ0v) is 13.8. The molecule has 0 aromatic carbocycles. The molecule has 1 aliphatic rings. The molecule has 1 aliphatic heterocycles. The lowest BCUT2D eigenvalue weighted by Gasteiger charge is -2.33. The SMILES string of the molecule is CN(C)CC1CCN(CCNCCc2cccs2)CC1. The van der Waals surface area contributed by atoms with E-state index in [0.717, 1.165) is 19.0 Å². The highest BCUT2D eigenvalue weighted by Gasteiger charge is 2.18. The molecule has 114 valence electrons. The third-order valence-corrected chi connectivity index (χ3v) is 5.00. The summed E-state index contributed by atoms with van der Waals surface area (Å²) < 4.78 is 0. The first-order chi connectivity index (χ1) is 9.74. The van der Waals surface area contributed by atoms with Gasteiger partial charge < -0.3 is 15.1 Å². The molecule has 0 amide bonds. The fraction of sp³-hybridized carbons (Fsp3) is 0.750. The minimum atomic E-state index is 0.910. The molecule has 1 aromatic heterocycles. The van der Waals surface area contributed by atoms with Crippen LogP contribution in [0.1, 0.15) is 17.7 Å². The normalized spacial score (nSPS) is 17.9. The molecule has 0 unspecified atom stereocenters. The first-order valence-corrected chi connectivity index (χ1v) is 8.72. The summed E-state index contributed by atoms with van der Waals surface area (Å²) >= 11 is 1.86. The Hall–Kier alpha value is -0.420. The monoisotopic (exact) mass is 295 g/mol. The molecule has 0 atom stereocenters. The Morgan fingerprint density at radius 2 is 2.10 bits per heavy atom. The molecule has 4 heteroatoms. The number of thiophene rings is 1. The van der Waals surface area contributed by atoms with Crippen molar-refractivity contribution >= 4 is 11.3 Å². The van der Waals surface area contributed by atoms with Gasteiger partial charge >= 0.3 is 0 Å². The van der Waals surface area contributed by atoms with Crippen molar-refractivity contribution in [3.05, 3.63) is 22.4 Å². The quantitative estimate of drug-likeness (QED) is 0.742. The van der Waals surface area contributed by atoms with Crippen molar-refractivity contribution in [2.24, 2.45) is 5.92 Å². The molecule has 1 aromatic rings. The number of hydrogen-bond acceptors (Lipinski definition) is 4. The van der Waals surface area contributed by atoms with Crippen LogP contribution in [0.15, 0.2) is 17.5 Å². The molecule has 0 bridgehead atoms. The van der Waals surface area contributed by atoms with Gasteiger partial charge in [-0.3, -0.25) is 0 Å². The van der Waals surface area contributed by atoms with E-state index in [0.29, 0.717) is 0 Å². The Kier molecular flexibility index (Phi) is 7.00. The second kappa shape index (κ2) is 8.78. The second-order valence-electron chi connectivity index (χ2n) is 6.13. The van der Waals surface area contributed by atoms with Gasteiger partial charge in [0.1, 0.15) is 0 Å². The van der Waals surface area contributed by atoms with E-state index < -0.39 is 0 Å². The van der Waals surface area contributed by atoms with Crippen LogP contribution >= 0.6 is 11.3 Å². The number of rotatable bonds is 8. The molecule has 3 nitrogen and oxygen atoms in total. The predicted molar refractivity (Wildman–Crippen MR) is 88.6 cm³/mol. The highest BCUT2D eigenvalue weighted by atomic mass is 32.1. The number of likely N-dealkylation sites (tertiary alicyclic amines) is 1. The molecule has 2 rings (SSSR count). The van der Waals surface area contributed by atoms with Gasteiger partial charge in [0, 0.05) is 31.1 Å². The molecule has 20 heavy (non-hydrogen) atoms. The number of nitrogens with one attached hydrogen (secondary N) is 1. The molecular formula is C16H29N3S. The van der Waals surface area contributed by atoms with Gasteiger partial charge in [0.15, 0.2) is 0 Å². The molecule has 0 saturated carbocycles. The maximum atomic E-state index is 3.57. The first-order valence-electron chi connectivity index (χ1n) is 7.84. The van der Waals surface area contributed by atoms with E-state index in [9.17, 15) is 0 Å². The molecule has 0 radical (unpaired) electrons. The number of piperidine rings is 1. The van der Waals surface area contributed by atoms with Crippen LogP contribution in [0.5, 0.6) is 0 Å². The Labute approximate surface area is 128 Å². The summed E-state index contributed by atoms with van der Waals surface area (Å²) in [6.07, 6.45) is 3.91. The predicted octanol–water partition coefficient (Wildman–Crippen LogP) is 2.15. The average molecular weight is 295 g/mol. The molecule has 0 spiro atoms. The molecule has 1 N–H and O–H groups in total. The molecule has 0 aliphatic carbocycles. The van der Waals surface area contributed by atoms with Crippen molar-refractivity contribution in [3.63, 3.8) is 0 Å². The van der Waals surface area contributed by atoms with E-state index in [1.807, 2.05) is 11.3 Å². The Bertz CT molecular complexity index is 343. The summed E-state index contributed by atoms with van der Waals surface area (Å²) in [5, 5.41) is 5.73. The van der Waals surface area contributed by atoms with Crippen LogP contribution in [0.25, 0.3) is 0 Å². The van der Waals surface area contributed by atoms with E-state index >= 15 is 0 Å². The topological polar surface area (TPSA) is 18.5 Å². The second-order valence-corrected chi connectivity index (χ2v) is 7.16. The summed E-state index contributed by atoms with van der Waals surface area (Å²) in [6.45, 7) is 7.27. The Morgan fingerprint density at radius 1 is 1.30 bits per heavy atom. The van der Waals surface area contributed by atoms with Gasteiger partial charge in [-0.25, -0.2) is 0 Å². The Balaban J connectivity index is 1.49. The standard InChI is InChI=1S/C16H29N3S/c1-18(2)14-15-6-10-19(11-7-15)12-9-17-8-5-16-4-3-13-20-16/h3-4,13,15,17H,5-12,14H2,1-2H3. The molecule has 1 fully saturated rings. The average Bonchev–Trinajstić information content (AvgIpc) is 2.93. The maximum Gasteiger partial charge on any atom is 0.0107 e. The van der Waals surface area contributed by atoms with E-state index in [2.05, 4.69) is 46.7 Å². The zero-order chi connectivity index (χ0) is 14.2. The fourth-order valence-electron chi connectivity index (χ4n) is 2.94. The fourth-order valence-corrected chi connectivity index (χ4v) is 3.65.